The van der Waals surface area contributed by atoms with Crippen LogP contribution in [0.4, 0.5) is 5.69 Å². The van der Waals surface area contributed by atoms with Gasteiger partial charge in [0.25, 0.3) is 5.91 Å². The predicted octanol–water partition coefficient (Wildman–Crippen LogP) is 3.53. The highest BCUT2D eigenvalue weighted by Gasteiger charge is 2.18. The Labute approximate surface area is 127 Å². The molecule has 0 aliphatic carbocycles. The second-order valence-corrected chi connectivity index (χ2v) is 6.46. The van der Waals surface area contributed by atoms with Gasteiger partial charge in [0.15, 0.2) is 0 Å². The average Bonchev–Trinajstić information content (AvgIpc) is 2.43. The molecule has 112 valence electrons. The van der Waals surface area contributed by atoms with Gasteiger partial charge in [-0.1, -0.05) is 19.9 Å². The van der Waals surface area contributed by atoms with E-state index in [9.17, 15) is 4.79 Å². The van der Waals surface area contributed by atoms with Crippen LogP contribution in [0.15, 0.2) is 24.3 Å². The molecule has 0 aromatic heterocycles. The zero-order chi connectivity index (χ0) is 15.2. The number of amides is 1. The highest BCUT2D eigenvalue weighted by Crippen LogP contribution is 2.21. The zero-order valence-electron chi connectivity index (χ0n) is 12.9. The number of carbonyl (C=O) groups excluding carboxylic acids is 1. The molecule has 1 rings (SSSR count). The Kier molecular flexibility index (Phi) is 6.34. The summed E-state index contributed by atoms with van der Waals surface area (Å²) in [6.45, 7) is 4.96. The zero-order valence-corrected chi connectivity index (χ0v) is 13.6. The van der Waals surface area contributed by atoms with Crippen LogP contribution in [0, 0.1) is 5.41 Å². The molecule has 0 heterocycles. The predicted molar refractivity (Wildman–Crippen MR) is 86.8 cm³/mol. The molecular formula is C16H25ClN2O. The fourth-order valence-electron chi connectivity index (χ4n) is 1.98. The minimum Gasteiger partial charge on any atom is -0.378 e. The van der Waals surface area contributed by atoms with Gasteiger partial charge < -0.3 is 10.2 Å². The van der Waals surface area contributed by atoms with Crippen LogP contribution in [0.1, 0.15) is 37.0 Å². The fraction of sp³-hybridized carbons (Fsp3) is 0.562. The Morgan fingerprint density at radius 1 is 1.35 bits per heavy atom. The molecule has 0 bridgehead atoms. The number of carbonyl (C=O) groups is 1. The van der Waals surface area contributed by atoms with Crippen LogP contribution in [0.2, 0.25) is 0 Å². The number of nitrogens with one attached hydrogen (secondary N) is 1. The van der Waals surface area contributed by atoms with E-state index < -0.39 is 0 Å². The minimum absolute atomic E-state index is 0.0207. The summed E-state index contributed by atoms with van der Waals surface area (Å²) in [4.78, 5) is 14.2. The lowest BCUT2D eigenvalue weighted by atomic mass is 9.88. The molecule has 1 N–H and O–H groups in total. The number of rotatable bonds is 7. The molecule has 0 atom stereocenters. The third kappa shape index (κ3) is 5.41. The molecule has 20 heavy (non-hydrogen) atoms. The summed E-state index contributed by atoms with van der Waals surface area (Å²) in [5.74, 6) is 0.648. The van der Waals surface area contributed by atoms with E-state index in [0.29, 0.717) is 18.0 Å². The molecule has 0 unspecified atom stereocenters. The standard InChI is InChI=1S/C16H25ClN2O/c1-16(2,9-6-10-17)12-18-15(20)13-7-5-8-14(11-13)19(3)4/h5,7-8,11H,6,9-10,12H2,1-4H3,(H,18,20). The van der Waals surface area contributed by atoms with Crippen molar-refractivity contribution in [2.75, 3.05) is 31.4 Å². The maximum Gasteiger partial charge on any atom is 0.251 e. The van der Waals surface area contributed by atoms with Crippen molar-refractivity contribution in [1.29, 1.82) is 0 Å². The summed E-state index contributed by atoms with van der Waals surface area (Å²) in [6.07, 6.45) is 1.98. The van der Waals surface area contributed by atoms with E-state index in [-0.39, 0.29) is 11.3 Å². The molecule has 0 radical (unpaired) electrons. The van der Waals surface area contributed by atoms with Crippen molar-refractivity contribution < 1.29 is 4.79 Å². The van der Waals surface area contributed by atoms with E-state index in [1.54, 1.807) is 0 Å². The summed E-state index contributed by atoms with van der Waals surface area (Å²) < 4.78 is 0. The molecule has 0 saturated heterocycles. The van der Waals surface area contributed by atoms with Gasteiger partial charge in [-0.3, -0.25) is 4.79 Å². The molecule has 0 aliphatic rings. The smallest absolute Gasteiger partial charge is 0.251 e. The Balaban J connectivity index is 2.61. The summed E-state index contributed by atoms with van der Waals surface area (Å²) >= 11 is 5.72. The first-order valence-electron chi connectivity index (χ1n) is 6.97. The highest BCUT2D eigenvalue weighted by molar-refractivity contribution is 6.17. The average molecular weight is 297 g/mol. The van der Waals surface area contributed by atoms with Crippen LogP contribution in [0.25, 0.3) is 0 Å². The second-order valence-electron chi connectivity index (χ2n) is 6.08. The Morgan fingerprint density at radius 3 is 2.65 bits per heavy atom. The first-order valence-corrected chi connectivity index (χ1v) is 7.51. The normalized spacial score (nSPS) is 11.2. The number of anilines is 1. The van der Waals surface area contributed by atoms with Crippen molar-refractivity contribution in [1.82, 2.24) is 5.32 Å². The van der Waals surface area contributed by atoms with Gasteiger partial charge in [-0.25, -0.2) is 0 Å². The number of benzene rings is 1. The third-order valence-electron chi connectivity index (χ3n) is 3.34. The number of alkyl halides is 1. The van der Waals surface area contributed by atoms with Crippen LogP contribution in [-0.4, -0.2) is 32.4 Å². The number of hydrogen-bond acceptors (Lipinski definition) is 2. The lowest BCUT2D eigenvalue weighted by Gasteiger charge is -2.24. The van der Waals surface area contributed by atoms with E-state index in [1.165, 1.54) is 0 Å². The molecule has 1 amide bonds. The lowest BCUT2D eigenvalue weighted by Crippen LogP contribution is -2.34. The summed E-state index contributed by atoms with van der Waals surface area (Å²) in [6, 6.07) is 7.64. The SMILES string of the molecule is CN(C)c1cccc(C(=O)NCC(C)(C)CCCCl)c1. The van der Waals surface area contributed by atoms with E-state index in [4.69, 9.17) is 11.6 Å². The van der Waals surface area contributed by atoms with Gasteiger partial charge >= 0.3 is 0 Å². The van der Waals surface area contributed by atoms with E-state index in [2.05, 4.69) is 19.2 Å². The third-order valence-corrected chi connectivity index (χ3v) is 3.61. The monoisotopic (exact) mass is 296 g/mol. The van der Waals surface area contributed by atoms with E-state index in [0.717, 1.165) is 18.5 Å². The van der Waals surface area contributed by atoms with Crippen molar-refractivity contribution in [3.8, 4) is 0 Å². The van der Waals surface area contributed by atoms with Gasteiger partial charge in [0.2, 0.25) is 0 Å². The van der Waals surface area contributed by atoms with Crippen molar-refractivity contribution in [3.05, 3.63) is 29.8 Å². The summed E-state index contributed by atoms with van der Waals surface area (Å²) in [5, 5.41) is 3.01. The number of nitrogens with zero attached hydrogens (tertiary/aromatic N) is 1. The molecule has 4 heteroatoms. The molecule has 1 aromatic carbocycles. The molecule has 0 fully saturated rings. The van der Waals surface area contributed by atoms with Crippen molar-refractivity contribution in [2.24, 2.45) is 5.41 Å². The molecule has 1 aromatic rings. The Bertz CT molecular complexity index is 444. The quantitative estimate of drug-likeness (QED) is 0.781. The van der Waals surface area contributed by atoms with Crippen molar-refractivity contribution in [3.63, 3.8) is 0 Å². The van der Waals surface area contributed by atoms with Crippen molar-refractivity contribution in [2.45, 2.75) is 26.7 Å². The van der Waals surface area contributed by atoms with Crippen LogP contribution in [-0.2, 0) is 0 Å². The first-order chi connectivity index (χ1) is 9.35. The van der Waals surface area contributed by atoms with E-state index in [1.807, 2.05) is 43.3 Å². The lowest BCUT2D eigenvalue weighted by molar-refractivity contribution is 0.0934. The van der Waals surface area contributed by atoms with Crippen molar-refractivity contribution >= 4 is 23.2 Å². The molecule has 0 aliphatic heterocycles. The molecule has 0 saturated carbocycles. The Hall–Kier alpha value is -1.22. The van der Waals surface area contributed by atoms with Crippen LogP contribution >= 0.6 is 11.6 Å². The molecular weight excluding hydrogens is 272 g/mol. The summed E-state index contributed by atoms with van der Waals surface area (Å²) in [5.41, 5.74) is 1.80. The van der Waals surface area contributed by atoms with Crippen LogP contribution in [0.3, 0.4) is 0 Å². The fourth-order valence-corrected chi connectivity index (χ4v) is 2.11. The van der Waals surface area contributed by atoms with Crippen LogP contribution < -0.4 is 10.2 Å². The Morgan fingerprint density at radius 2 is 2.05 bits per heavy atom. The maximum atomic E-state index is 12.2. The van der Waals surface area contributed by atoms with Gasteiger partial charge in [-0.2, -0.15) is 0 Å². The minimum atomic E-state index is -0.0207. The molecule has 3 nitrogen and oxygen atoms in total. The van der Waals surface area contributed by atoms with Gasteiger partial charge in [0, 0.05) is 37.8 Å². The maximum absolute atomic E-state index is 12.2. The van der Waals surface area contributed by atoms with Gasteiger partial charge in [-0.15, -0.1) is 11.6 Å². The number of hydrogen-bond donors (Lipinski definition) is 1. The van der Waals surface area contributed by atoms with Gasteiger partial charge in [0.05, 0.1) is 0 Å². The van der Waals surface area contributed by atoms with Crippen LogP contribution in [0.5, 0.6) is 0 Å². The van der Waals surface area contributed by atoms with Gasteiger partial charge in [-0.05, 0) is 36.5 Å². The summed E-state index contributed by atoms with van der Waals surface area (Å²) in [7, 11) is 3.93. The topological polar surface area (TPSA) is 32.3 Å². The largest absolute Gasteiger partial charge is 0.378 e. The highest BCUT2D eigenvalue weighted by atomic mass is 35.5. The van der Waals surface area contributed by atoms with E-state index >= 15 is 0 Å². The molecule has 0 spiro atoms. The first kappa shape index (κ1) is 16.8. The van der Waals surface area contributed by atoms with Gasteiger partial charge in [0.1, 0.15) is 0 Å². The number of halogens is 1. The second kappa shape index (κ2) is 7.53.